The molecule has 0 aliphatic carbocycles. The van der Waals surface area contributed by atoms with Crippen LogP contribution in [-0.2, 0) is 25.8 Å². The summed E-state index contributed by atoms with van der Waals surface area (Å²) in [7, 11) is -3.73. The van der Waals surface area contributed by atoms with E-state index in [1.165, 1.54) is 38.1 Å². The Morgan fingerprint density at radius 1 is 1.04 bits per heavy atom. The fraction of sp³-hybridized carbons (Fsp3) is 0.421. The molecule has 1 aromatic carbocycles. The van der Waals surface area contributed by atoms with Crippen LogP contribution in [-0.4, -0.2) is 23.8 Å². The zero-order chi connectivity index (χ0) is 20.7. The van der Waals surface area contributed by atoms with Crippen molar-refractivity contribution in [2.75, 3.05) is 0 Å². The summed E-state index contributed by atoms with van der Waals surface area (Å²) in [5, 5.41) is 11.8. The number of halogens is 1. The van der Waals surface area contributed by atoms with Crippen LogP contribution < -0.4 is 0 Å². The number of hydrogen-bond acceptors (Lipinski definition) is 7. The molecule has 0 fully saturated rings. The van der Waals surface area contributed by atoms with E-state index in [9.17, 15) is 12.8 Å². The van der Waals surface area contributed by atoms with Gasteiger partial charge in [0, 0.05) is 11.5 Å². The molecular formula is C19H22FN3O4S. The highest BCUT2D eigenvalue weighted by atomic mass is 32.2. The number of nitrogens with zero attached hydrogens (tertiary/aromatic N) is 3. The van der Waals surface area contributed by atoms with Gasteiger partial charge >= 0.3 is 0 Å². The summed E-state index contributed by atoms with van der Waals surface area (Å²) >= 11 is 0. The van der Waals surface area contributed by atoms with Gasteiger partial charge in [-0.15, -0.1) is 10.2 Å². The smallest absolute Gasteiger partial charge is 0.286 e. The number of sulfone groups is 1. The Balaban J connectivity index is 1.88. The van der Waals surface area contributed by atoms with Crippen molar-refractivity contribution in [3.63, 3.8) is 0 Å². The first-order valence-corrected chi connectivity index (χ1v) is 10.3. The first kappa shape index (κ1) is 20.2. The Bertz CT molecular complexity index is 1080. The van der Waals surface area contributed by atoms with Crippen LogP contribution in [0.15, 0.2) is 39.3 Å². The third kappa shape index (κ3) is 3.84. The highest BCUT2D eigenvalue weighted by Crippen LogP contribution is 2.34. The van der Waals surface area contributed by atoms with E-state index >= 15 is 0 Å². The summed E-state index contributed by atoms with van der Waals surface area (Å²) in [6.07, 6.45) is 0. The highest BCUT2D eigenvalue weighted by Gasteiger charge is 2.41. The van der Waals surface area contributed by atoms with Gasteiger partial charge in [0.25, 0.3) is 5.89 Å². The number of hydrogen-bond donors (Lipinski definition) is 0. The van der Waals surface area contributed by atoms with Crippen molar-refractivity contribution in [3.05, 3.63) is 53.3 Å². The summed E-state index contributed by atoms with van der Waals surface area (Å²) in [4.78, 5) is 0. The number of rotatable bonds is 5. The summed E-state index contributed by atoms with van der Waals surface area (Å²) in [5.41, 5.74) is 0.965. The first-order valence-electron chi connectivity index (χ1n) is 8.68. The molecule has 0 N–H and O–H groups in total. The molecule has 2 heterocycles. The minimum atomic E-state index is -3.73. The van der Waals surface area contributed by atoms with Gasteiger partial charge in [0.1, 0.15) is 10.6 Å². The molecule has 7 nitrogen and oxygen atoms in total. The van der Waals surface area contributed by atoms with Crippen molar-refractivity contribution in [2.24, 2.45) is 0 Å². The van der Waals surface area contributed by atoms with Gasteiger partial charge in [0.2, 0.25) is 11.7 Å². The molecule has 0 bridgehead atoms. The average Bonchev–Trinajstić information content (AvgIpc) is 3.25. The molecule has 0 saturated heterocycles. The van der Waals surface area contributed by atoms with E-state index in [-0.39, 0.29) is 28.7 Å². The Morgan fingerprint density at radius 3 is 2.25 bits per heavy atom. The van der Waals surface area contributed by atoms with E-state index in [0.717, 1.165) is 0 Å². The van der Waals surface area contributed by atoms with Crippen LogP contribution in [0.25, 0.3) is 11.7 Å². The van der Waals surface area contributed by atoms with Gasteiger partial charge in [0.05, 0.1) is 11.4 Å². The lowest BCUT2D eigenvalue weighted by molar-refractivity contribution is 0.382. The molecule has 28 heavy (non-hydrogen) atoms. The second-order valence-corrected chi connectivity index (χ2v) is 10.7. The van der Waals surface area contributed by atoms with Crippen LogP contribution in [0.5, 0.6) is 0 Å². The lowest BCUT2D eigenvalue weighted by Gasteiger charge is -2.20. The molecule has 0 unspecified atom stereocenters. The minimum Gasteiger partial charge on any atom is -0.416 e. The topological polar surface area (TPSA) is 99.1 Å². The molecule has 0 aliphatic rings. The molecular weight excluding hydrogens is 385 g/mol. The van der Waals surface area contributed by atoms with Crippen molar-refractivity contribution < 1.29 is 21.7 Å². The molecule has 0 radical (unpaired) electrons. The van der Waals surface area contributed by atoms with Crippen LogP contribution in [0, 0.1) is 5.82 Å². The van der Waals surface area contributed by atoms with E-state index in [2.05, 4.69) is 15.4 Å². The normalized spacial score (nSPS) is 13.1. The highest BCUT2D eigenvalue weighted by molar-refractivity contribution is 7.91. The zero-order valence-electron chi connectivity index (χ0n) is 16.4. The molecule has 150 valence electrons. The van der Waals surface area contributed by atoms with Gasteiger partial charge in [0.15, 0.2) is 9.84 Å². The largest absolute Gasteiger partial charge is 0.416 e. The number of benzene rings is 1. The molecule has 3 aromatic rings. The predicted molar refractivity (Wildman–Crippen MR) is 101 cm³/mol. The van der Waals surface area contributed by atoms with Crippen LogP contribution in [0.4, 0.5) is 4.39 Å². The lowest BCUT2D eigenvalue weighted by Crippen LogP contribution is -2.31. The Kier molecular flexibility index (Phi) is 4.91. The molecule has 3 rings (SSSR count). The van der Waals surface area contributed by atoms with Crippen molar-refractivity contribution >= 4 is 9.84 Å². The Labute approximate surface area is 162 Å². The van der Waals surface area contributed by atoms with E-state index in [4.69, 9.17) is 8.94 Å². The summed E-state index contributed by atoms with van der Waals surface area (Å²) in [6, 6.07) is 7.01. The van der Waals surface area contributed by atoms with E-state index in [1.807, 2.05) is 20.8 Å². The lowest BCUT2D eigenvalue weighted by atomic mass is 9.92. The maximum atomic E-state index is 13.1. The minimum absolute atomic E-state index is 0.0571. The van der Waals surface area contributed by atoms with Crippen LogP contribution >= 0.6 is 0 Å². The van der Waals surface area contributed by atoms with Crippen LogP contribution in [0.2, 0.25) is 0 Å². The average molecular weight is 407 g/mol. The Morgan fingerprint density at radius 2 is 1.68 bits per heavy atom. The van der Waals surface area contributed by atoms with Gasteiger partial charge in [-0.1, -0.05) is 38.1 Å². The fourth-order valence-electron chi connectivity index (χ4n) is 2.41. The molecule has 0 aliphatic heterocycles. The van der Waals surface area contributed by atoms with E-state index < -0.39 is 20.4 Å². The number of aromatic nitrogens is 3. The van der Waals surface area contributed by atoms with E-state index in [1.54, 1.807) is 6.07 Å². The van der Waals surface area contributed by atoms with Gasteiger partial charge in [-0.2, -0.15) is 0 Å². The zero-order valence-corrected chi connectivity index (χ0v) is 17.2. The molecule has 0 amide bonds. The van der Waals surface area contributed by atoms with Crippen LogP contribution in [0.1, 0.15) is 51.8 Å². The summed E-state index contributed by atoms with van der Waals surface area (Å²) in [6.45, 7) is 8.94. The SMILES string of the molecule is CC(C)(C)c1cc(-c2nnc(C(C)(C)S(=O)(=O)Cc3ccc(F)cc3)o2)on1. The van der Waals surface area contributed by atoms with Gasteiger partial charge < -0.3 is 8.94 Å². The molecule has 2 aromatic heterocycles. The van der Waals surface area contributed by atoms with Crippen molar-refractivity contribution in [1.82, 2.24) is 15.4 Å². The maximum absolute atomic E-state index is 13.1. The first-order chi connectivity index (χ1) is 12.9. The van der Waals surface area contributed by atoms with Crippen molar-refractivity contribution in [2.45, 2.75) is 50.5 Å². The van der Waals surface area contributed by atoms with Crippen molar-refractivity contribution in [3.8, 4) is 11.7 Å². The second-order valence-electron chi connectivity index (χ2n) is 8.13. The third-order valence-electron chi connectivity index (χ3n) is 4.48. The van der Waals surface area contributed by atoms with Gasteiger partial charge in [-0.05, 0) is 31.5 Å². The summed E-state index contributed by atoms with van der Waals surface area (Å²) in [5.74, 6) is -0.436. The van der Waals surface area contributed by atoms with Gasteiger partial charge in [-0.25, -0.2) is 12.8 Å². The second kappa shape index (κ2) is 6.80. The summed E-state index contributed by atoms with van der Waals surface area (Å²) < 4.78 is 48.4. The molecule has 0 atom stereocenters. The van der Waals surface area contributed by atoms with Gasteiger partial charge in [-0.3, -0.25) is 0 Å². The van der Waals surface area contributed by atoms with Crippen LogP contribution in [0.3, 0.4) is 0 Å². The fourth-order valence-corrected chi connectivity index (χ4v) is 3.75. The third-order valence-corrected chi connectivity index (χ3v) is 6.92. The standard InChI is InChI=1S/C19H22FN3O4S/c1-18(2,3)15-10-14(27-23-15)16-21-22-17(26-16)19(4,5)28(24,25)11-12-6-8-13(20)9-7-12/h6-10H,11H2,1-5H3. The molecule has 0 spiro atoms. The van der Waals surface area contributed by atoms with E-state index in [0.29, 0.717) is 11.3 Å². The predicted octanol–water partition coefficient (Wildman–Crippen LogP) is 4.01. The maximum Gasteiger partial charge on any atom is 0.286 e. The van der Waals surface area contributed by atoms with Crippen molar-refractivity contribution in [1.29, 1.82) is 0 Å². The molecule has 9 heteroatoms. The Hall–Kier alpha value is -2.55. The monoisotopic (exact) mass is 407 g/mol. The quantitative estimate of drug-likeness (QED) is 0.630. The molecule has 0 saturated carbocycles.